The topological polar surface area (TPSA) is 74.8 Å². The standard InChI is InChI=1S/C17H20N4O3S/c1-12-16(23)21(13-5-3-4-6-14(13)24-2)9-8-20(12)11-15(22)19-17-18-7-10-25-17/h3-7,10,12H,8-9,11H2,1-2H3,(H,18,19,22). The van der Waals surface area contributed by atoms with Gasteiger partial charge in [-0.3, -0.25) is 14.5 Å². The van der Waals surface area contributed by atoms with E-state index in [2.05, 4.69) is 10.3 Å². The summed E-state index contributed by atoms with van der Waals surface area (Å²) < 4.78 is 5.35. The number of ether oxygens (including phenoxy) is 1. The molecule has 132 valence electrons. The molecule has 1 N–H and O–H groups in total. The summed E-state index contributed by atoms with van der Waals surface area (Å²) in [5, 5.41) is 5.11. The molecule has 8 heteroatoms. The van der Waals surface area contributed by atoms with Gasteiger partial charge in [-0.1, -0.05) is 12.1 Å². The maximum absolute atomic E-state index is 12.8. The second kappa shape index (κ2) is 7.62. The summed E-state index contributed by atoms with van der Waals surface area (Å²) in [7, 11) is 1.59. The summed E-state index contributed by atoms with van der Waals surface area (Å²) in [6.07, 6.45) is 1.64. The Bertz CT molecular complexity index is 750. The number of thiazole rings is 1. The molecule has 2 heterocycles. The highest BCUT2D eigenvalue weighted by atomic mass is 32.1. The first-order valence-electron chi connectivity index (χ1n) is 7.98. The summed E-state index contributed by atoms with van der Waals surface area (Å²) in [4.78, 5) is 32.6. The quantitative estimate of drug-likeness (QED) is 0.880. The van der Waals surface area contributed by atoms with E-state index in [9.17, 15) is 9.59 Å². The van der Waals surface area contributed by atoms with E-state index in [1.54, 1.807) is 23.6 Å². The van der Waals surface area contributed by atoms with Gasteiger partial charge < -0.3 is 15.0 Å². The molecule has 2 aromatic rings. The molecule has 0 radical (unpaired) electrons. The van der Waals surface area contributed by atoms with Crippen LogP contribution < -0.4 is 15.0 Å². The first-order chi connectivity index (χ1) is 12.1. The summed E-state index contributed by atoms with van der Waals surface area (Å²) in [6, 6.07) is 7.06. The van der Waals surface area contributed by atoms with Crippen LogP contribution in [0.2, 0.25) is 0 Å². The van der Waals surface area contributed by atoms with Crippen molar-refractivity contribution in [3.63, 3.8) is 0 Å². The zero-order valence-corrected chi connectivity index (χ0v) is 15.0. The van der Waals surface area contributed by atoms with Crippen LogP contribution >= 0.6 is 11.3 Å². The molecule has 1 aliphatic heterocycles. The van der Waals surface area contributed by atoms with E-state index in [-0.39, 0.29) is 24.4 Å². The van der Waals surface area contributed by atoms with Gasteiger partial charge >= 0.3 is 0 Å². The molecule has 1 atom stereocenters. The van der Waals surface area contributed by atoms with Crippen molar-refractivity contribution < 1.29 is 14.3 Å². The van der Waals surface area contributed by atoms with E-state index in [0.29, 0.717) is 24.0 Å². The number of amides is 2. The Labute approximate surface area is 150 Å². The fourth-order valence-corrected chi connectivity index (χ4v) is 3.40. The minimum absolute atomic E-state index is 0.0437. The number of carbonyl (C=O) groups is 2. The summed E-state index contributed by atoms with van der Waals surface area (Å²) in [5.74, 6) is 0.455. The van der Waals surface area contributed by atoms with Crippen molar-refractivity contribution in [1.29, 1.82) is 0 Å². The highest BCUT2D eigenvalue weighted by Crippen LogP contribution is 2.30. The second-order valence-corrected chi connectivity index (χ2v) is 6.59. The maximum atomic E-state index is 12.8. The van der Waals surface area contributed by atoms with Crippen LogP contribution in [0.5, 0.6) is 5.75 Å². The molecular weight excluding hydrogens is 340 g/mol. The molecule has 1 saturated heterocycles. The predicted octanol–water partition coefficient (Wildman–Crippen LogP) is 1.83. The molecule has 1 unspecified atom stereocenters. The van der Waals surface area contributed by atoms with Gasteiger partial charge in [0.2, 0.25) is 11.8 Å². The number of carbonyl (C=O) groups excluding carboxylic acids is 2. The van der Waals surface area contributed by atoms with E-state index in [1.807, 2.05) is 36.1 Å². The molecule has 7 nitrogen and oxygen atoms in total. The third-order valence-corrected chi connectivity index (χ3v) is 4.87. The normalized spacial score (nSPS) is 18.2. The van der Waals surface area contributed by atoms with Crippen molar-refractivity contribution in [3.05, 3.63) is 35.8 Å². The van der Waals surface area contributed by atoms with Crippen LogP contribution in [0.4, 0.5) is 10.8 Å². The Morgan fingerprint density at radius 1 is 1.40 bits per heavy atom. The van der Waals surface area contributed by atoms with Gasteiger partial charge in [-0.15, -0.1) is 11.3 Å². The van der Waals surface area contributed by atoms with Gasteiger partial charge in [0.05, 0.1) is 25.4 Å². The largest absolute Gasteiger partial charge is 0.495 e. The highest BCUT2D eigenvalue weighted by Gasteiger charge is 2.34. The van der Waals surface area contributed by atoms with Crippen LogP contribution in [0.15, 0.2) is 35.8 Å². The molecule has 25 heavy (non-hydrogen) atoms. The Morgan fingerprint density at radius 3 is 2.92 bits per heavy atom. The number of piperazine rings is 1. The van der Waals surface area contributed by atoms with Crippen molar-refractivity contribution in [3.8, 4) is 5.75 Å². The number of methoxy groups -OCH3 is 1. The van der Waals surface area contributed by atoms with Crippen molar-refractivity contribution in [2.75, 3.05) is 37.0 Å². The summed E-state index contributed by atoms with van der Waals surface area (Å²) in [5.41, 5.74) is 0.758. The Hall–Kier alpha value is -2.45. The molecule has 0 aliphatic carbocycles. The number of hydrogen-bond donors (Lipinski definition) is 1. The molecule has 0 bridgehead atoms. The molecule has 1 aromatic heterocycles. The fourth-order valence-electron chi connectivity index (χ4n) is 2.85. The lowest BCUT2D eigenvalue weighted by Gasteiger charge is -2.39. The second-order valence-electron chi connectivity index (χ2n) is 5.69. The molecule has 0 spiro atoms. The average Bonchev–Trinajstić information content (AvgIpc) is 3.12. The number of aromatic nitrogens is 1. The van der Waals surface area contributed by atoms with Crippen molar-refractivity contribution in [1.82, 2.24) is 9.88 Å². The number of anilines is 2. The molecule has 3 rings (SSSR count). The molecule has 1 aliphatic rings. The minimum Gasteiger partial charge on any atom is -0.495 e. The van der Waals surface area contributed by atoms with Gasteiger partial charge in [0.1, 0.15) is 5.75 Å². The van der Waals surface area contributed by atoms with E-state index in [0.717, 1.165) is 5.69 Å². The predicted molar refractivity (Wildman–Crippen MR) is 97.1 cm³/mol. The van der Waals surface area contributed by atoms with E-state index in [1.165, 1.54) is 11.3 Å². The van der Waals surface area contributed by atoms with Gasteiger partial charge in [0.25, 0.3) is 0 Å². The van der Waals surface area contributed by atoms with Gasteiger partial charge in [-0.2, -0.15) is 0 Å². The van der Waals surface area contributed by atoms with Crippen LogP contribution in [0.25, 0.3) is 0 Å². The smallest absolute Gasteiger partial charge is 0.244 e. The van der Waals surface area contributed by atoms with E-state index in [4.69, 9.17) is 4.74 Å². The average molecular weight is 360 g/mol. The Kier molecular flexibility index (Phi) is 5.30. The SMILES string of the molecule is COc1ccccc1N1CCN(CC(=O)Nc2nccs2)C(C)C1=O. The van der Waals surface area contributed by atoms with Crippen molar-refractivity contribution in [2.24, 2.45) is 0 Å². The van der Waals surface area contributed by atoms with Crippen LogP contribution in [-0.4, -0.2) is 54.5 Å². The number of nitrogens with zero attached hydrogens (tertiary/aromatic N) is 3. The van der Waals surface area contributed by atoms with Crippen LogP contribution in [0, 0.1) is 0 Å². The fraction of sp³-hybridized carbons (Fsp3) is 0.353. The van der Waals surface area contributed by atoms with Gasteiger partial charge in [0, 0.05) is 24.7 Å². The lowest BCUT2D eigenvalue weighted by molar-refractivity contribution is -0.127. The van der Waals surface area contributed by atoms with Gasteiger partial charge in [-0.25, -0.2) is 4.98 Å². The van der Waals surface area contributed by atoms with Crippen LogP contribution in [0.3, 0.4) is 0 Å². The maximum Gasteiger partial charge on any atom is 0.244 e. The first kappa shape index (κ1) is 17.4. The number of para-hydroxylation sites is 2. The zero-order chi connectivity index (χ0) is 17.8. The summed E-state index contributed by atoms with van der Waals surface area (Å²) >= 11 is 1.37. The molecule has 0 saturated carbocycles. The Morgan fingerprint density at radius 2 is 2.20 bits per heavy atom. The first-order valence-corrected chi connectivity index (χ1v) is 8.86. The lowest BCUT2D eigenvalue weighted by atomic mass is 10.1. The third kappa shape index (κ3) is 3.80. The number of rotatable bonds is 5. The van der Waals surface area contributed by atoms with Gasteiger partial charge in [0.15, 0.2) is 5.13 Å². The monoisotopic (exact) mass is 360 g/mol. The van der Waals surface area contributed by atoms with E-state index >= 15 is 0 Å². The van der Waals surface area contributed by atoms with Gasteiger partial charge in [-0.05, 0) is 19.1 Å². The Balaban J connectivity index is 1.66. The lowest BCUT2D eigenvalue weighted by Crippen LogP contribution is -2.57. The number of nitrogens with one attached hydrogen (secondary N) is 1. The zero-order valence-electron chi connectivity index (χ0n) is 14.1. The molecule has 1 aromatic carbocycles. The molecular formula is C17H20N4O3S. The third-order valence-electron chi connectivity index (χ3n) is 4.18. The molecule has 2 amide bonds. The highest BCUT2D eigenvalue weighted by molar-refractivity contribution is 7.13. The molecule has 1 fully saturated rings. The minimum atomic E-state index is -0.388. The van der Waals surface area contributed by atoms with Crippen molar-refractivity contribution >= 4 is 34.0 Å². The number of hydrogen-bond acceptors (Lipinski definition) is 6. The van der Waals surface area contributed by atoms with Crippen molar-refractivity contribution in [2.45, 2.75) is 13.0 Å². The summed E-state index contributed by atoms with van der Waals surface area (Å²) in [6.45, 7) is 3.09. The van der Waals surface area contributed by atoms with Crippen LogP contribution in [-0.2, 0) is 9.59 Å². The van der Waals surface area contributed by atoms with Crippen LogP contribution in [0.1, 0.15) is 6.92 Å². The van der Waals surface area contributed by atoms with E-state index < -0.39 is 0 Å². The number of benzene rings is 1.